The van der Waals surface area contributed by atoms with Gasteiger partial charge in [-0.3, -0.25) is 19.2 Å². The smallest absolute Gasteiger partial charge is 0.246 e. The topological polar surface area (TPSA) is 141 Å². The van der Waals surface area contributed by atoms with Gasteiger partial charge in [0.05, 0.1) is 28.7 Å². The van der Waals surface area contributed by atoms with Gasteiger partial charge in [0, 0.05) is 39.4 Å². The van der Waals surface area contributed by atoms with E-state index in [-0.39, 0.29) is 49.6 Å². The van der Waals surface area contributed by atoms with Crippen LogP contribution >= 0.6 is 11.3 Å². The minimum atomic E-state index is -0.878. The second-order valence-corrected chi connectivity index (χ2v) is 20.9. The molecule has 12 heteroatoms. The Balaban J connectivity index is 0.811. The van der Waals surface area contributed by atoms with Crippen LogP contribution in [0.1, 0.15) is 105 Å². The molecule has 0 radical (unpaired) electrons. The minimum absolute atomic E-state index is 0.0200. The van der Waals surface area contributed by atoms with Crippen LogP contribution in [-0.2, 0) is 38.6 Å². The van der Waals surface area contributed by atoms with E-state index in [1.807, 2.05) is 88.8 Å². The van der Waals surface area contributed by atoms with Crippen molar-refractivity contribution in [1.82, 2.24) is 25.4 Å². The lowest BCUT2D eigenvalue weighted by Gasteiger charge is -2.35. The SMILES string of the molecule is CC/C(=C(\c1ccccc1)c1ccc(OCCN(C)C(=O)CCc2ccc(CCCCC(=O)N[C@H](C(=O)N3C[C@H](O)C[C@H]3C(=O)NCc3ccc(-c4scnc4C)cc3)C(C)(C)C)cc2)cc1)c1ccccc1. The number of β-amino-alcohol motifs (C(OH)–C–C–N with tert-alkyl or cyclic N) is 1. The van der Waals surface area contributed by atoms with Gasteiger partial charge in [-0.05, 0) is 107 Å². The van der Waals surface area contributed by atoms with Crippen molar-refractivity contribution in [2.45, 2.75) is 111 Å². The van der Waals surface area contributed by atoms with Crippen LogP contribution in [-0.4, -0.2) is 88.5 Å². The highest BCUT2D eigenvalue weighted by Crippen LogP contribution is 2.35. The number of hydrogen-bond acceptors (Lipinski definition) is 8. The number of aromatic nitrogens is 1. The van der Waals surface area contributed by atoms with Crippen LogP contribution in [0.5, 0.6) is 5.75 Å². The number of likely N-dealkylation sites (N-methyl/N-ethyl adjacent to an activating group) is 1. The fraction of sp³-hybridized carbons (Fsp3) is 0.361. The Kier molecular flexibility index (Phi) is 19.0. The monoisotopic (exact) mass is 1000 g/mol. The van der Waals surface area contributed by atoms with E-state index < -0.39 is 23.6 Å². The molecule has 3 atom stereocenters. The lowest BCUT2D eigenvalue weighted by molar-refractivity contribution is -0.144. The van der Waals surface area contributed by atoms with Gasteiger partial charge < -0.3 is 30.3 Å². The Hall–Kier alpha value is -6.89. The molecule has 3 N–H and O–H groups in total. The Morgan fingerprint density at radius 2 is 1.41 bits per heavy atom. The van der Waals surface area contributed by atoms with Crippen LogP contribution in [0.3, 0.4) is 0 Å². The fourth-order valence-electron chi connectivity index (χ4n) is 9.37. The lowest BCUT2D eigenvalue weighted by atomic mass is 9.85. The van der Waals surface area contributed by atoms with E-state index in [0.717, 1.165) is 63.4 Å². The number of nitrogens with one attached hydrogen (secondary N) is 2. The molecule has 1 aliphatic rings. The third-order valence-electron chi connectivity index (χ3n) is 13.6. The number of allylic oxidation sites excluding steroid dienone is 1. The second-order valence-electron chi connectivity index (χ2n) is 20.1. The minimum Gasteiger partial charge on any atom is -0.492 e. The van der Waals surface area contributed by atoms with E-state index in [4.69, 9.17) is 4.74 Å². The largest absolute Gasteiger partial charge is 0.492 e. The predicted octanol–water partition coefficient (Wildman–Crippen LogP) is 10.5. The van der Waals surface area contributed by atoms with Gasteiger partial charge in [0.25, 0.3) is 0 Å². The van der Waals surface area contributed by atoms with Gasteiger partial charge in [-0.2, -0.15) is 0 Å². The maximum absolute atomic E-state index is 14.1. The molecule has 11 nitrogen and oxygen atoms in total. The summed E-state index contributed by atoms with van der Waals surface area (Å²) in [6.07, 6.45) is 3.65. The maximum Gasteiger partial charge on any atom is 0.246 e. The van der Waals surface area contributed by atoms with E-state index >= 15 is 0 Å². The highest BCUT2D eigenvalue weighted by molar-refractivity contribution is 7.13. The number of aliphatic hydroxyl groups excluding tert-OH is 1. The molecule has 1 saturated heterocycles. The highest BCUT2D eigenvalue weighted by atomic mass is 32.1. The van der Waals surface area contributed by atoms with Crippen molar-refractivity contribution in [2.24, 2.45) is 5.41 Å². The molecular weight excluding hydrogens is 931 g/mol. The first-order chi connectivity index (χ1) is 35.2. The van der Waals surface area contributed by atoms with Crippen molar-refractivity contribution in [3.05, 3.63) is 178 Å². The third-order valence-corrected chi connectivity index (χ3v) is 14.6. The summed E-state index contributed by atoms with van der Waals surface area (Å²) in [6, 6.07) is 43.8. The normalized spacial score (nSPS) is 15.3. The Labute approximate surface area is 435 Å². The highest BCUT2D eigenvalue weighted by Gasteiger charge is 2.44. The molecule has 0 unspecified atom stereocenters. The number of amides is 4. The van der Waals surface area contributed by atoms with Gasteiger partial charge in [-0.15, -0.1) is 11.3 Å². The fourth-order valence-corrected chi connectivity index (χ4v) is 10.2. The molecule has 0 saturated carbocycles. The first-order valence-corrected chi connectivity index (χ1v) is 26.5. The van der Waals surface area contributed by atoms with Gasteiger partial charge in [-0.1, -0.05) is 149 Å². The number of aliphatic hydroxyl groups is 1. The third kappa shape index (κ3) is 14.9. The summed E-state index contributed by atoms with van der Waals surface area (Å²) in [5.74, 6) is -0.131. The number of hydrogen-bond donors (Lipinski definition) is 3. The summed E-state index contributed by atoms with van der Waals surface area (Å²) in [5, 5.41) is 16.6. The summed E-state index contributed by atoms with van der Waals surface area (Å²) in [4.78, 5) is 62.6. The number of carbonyl (C=O) groups excluding carboxylic acids is 4. The zero-order chi connectivity index (χ0) is 51.9. The molecule has 0 spiro atoms. The van der Waals surface area contributed by atoms with Gasteiger partial charge in [0.2, 0.25) is 23.6 Å². The lowest BCUT2D eigenvalue weighted by Crippen LogP contribution is -2.57. The number of unbranched alkanes of at least 4 members (excludes halogenated alkanes) is 1. The molecule has 7 rings (SSSR count). The molecule has 1 aromatic heterocycles. The number of aryl methyl sites for hydroxylation is 3. The molecule has 0 aliphatic carbocycles. The molecule has 6 aromatic rings. The van der Waals surface area contributed by atoms with E-state index in [1.165, 1.54) is 27.2 Å². The molecule has 4 amide bonds. The number of likely N-dealkylation sites (tertiary alicyclic amines) is 1. The van der Waals surface area contributed by atoms with Crippen molar-refractivity contribution >= 4 is 46.1 Å². The van der Waals surface area contributed by atoms with Crippen molar-refractivity contribution in [1.29, 1.82) is 0 Å². The van der Waals surface area contributed by atoms with Crippen molar-refractivity contribution in [3.63, 3.8) is 0 Å². The first-order valence-electron chi connectivity index (χ1n) is 25.6. The van der Waals surface area contributed by atoms with Crippen LogP contribution < -0.4 is 15.4 Å². The molecule has 5 aromatic carbocycles. The van der Waals surface area contributed by atoms with Crippen LogP contribution in [0.15, 0.2) is 139 Å². The first kappa shape index (κ1) is 53.9. The Bertz CT molecular complexity index is 2790. The maximum atomic E-state index is 14.1. The summed E-state index contributed by atoms with van der Waals surface area (Å²) in [6.45, 7) is 11.0. The molecule has 0 bridgehead atoms. The number of benzene rings is 5. The molecule has 382 valence electrons. The van der Waals surface area contributed by atoms with Crippen LogP contribution in [0.2, 0.25) is 0 Å². The Morgan fingerprint density at radius 3 is 2.03 bits per heavy atom. The van der Waals surface area contributed by atoms with Crippen LogP contribution in [0.25, 0.3) is 21.6 Å². The number of thiazole rings is 1. The molecule has 73 heavy (non-hydrogen) atoms. The predicted molar refractivity (Wildman–Crippen MR) is 293 cm³/mol. The van der Waals surface area contributed by atoms with Gasteiger partial charge in [-0.25, -0.2) is 4.98 Å². The zero-order valence-corrected chi connectivity index (χ0v) is 44.1. The number of carbonyl (C=O) groups is 4. The molecular formula is C61H71N5O6S. The number of nitrogens with zero attached hydrogens (tertiary/aromatic N) is 3. The van der Waals surface area contributed by atoms with Crippen LogP contribution in [0.4, 0.5) is 0 Å². The van der Waals surface area contributed by atoms with E-state index in [9.17, 15) is 24.3 Å². The van der Waals surface area contributed by atoms with E-state index in [0.29, 0.717) is 32.4 Å². The zero-order valence-electron chi connectivity index (χ0n) is 43.2. The average molecular weight is 1000 g/mol. The Morgan fingerprint density at radius 1 is 0.795 bits per heavy atom. The molecule has 2 heterocycles. The van der Waals surface area contributed by atoms with Crippen molar-refractivity contribution in [2.75, 3.05) is 26.7 Å². The molecule has 1 fully saturated rings. The average Bonchev–Trinajstić information content (AvgIpc) is 4.02. The van der Waals surface area contributed by atoms with Gasteiger partial charge >= 0.3 is 0 Å². The standard InChI is InChI=1S/C61H71N5O6S/c1-7-52(46-17-10-8-11-18-46)56(47-19-12-9-13-20-47)48-31-33-51(34-32-48)72-37-36-65(6)55(69)35-28-44-24-22-43(23-25-44)16-14-15-21-54(68)64-58(61(3,4)5)60(71)66-40-50(67)38-53(66)59(70)62-39-45-26-29-49(30-27-45)57-42(2)63-41-73-57/h8-13,17-20,22-27,29-34,41,50,53,58,67H,7,14-16,21,28,35-40H2,1-6H3,(H,62,70)(H,64,68)/b56-52-/t50-,53+,58-/m1/s1. The summed E-state index contributed by atoms with van der Waals surface area (Å²) < 4.78 is 6.10. The van der Waals surface area contributed by atoms with Crippen molar-refractivity contribution < 1.29 is 29.0 Å². The van der Waals surface area contributed by atoms with E-state index in [2.05, 4.69) is 107 Å². The summed E-state index contributed by atoms with van der Waals surface area (Å²) in [7, 11) is 1.82. The number of ether oxygens (including phenoxy) is 1. The quantitative estimate of drug-likeness (QED) is 0.0454. The second kappa shape index (κ2) is 25.7. The summed E-state index contributed by atoms with van der Waals surface area (Å²) in [5.41, 5.74) is 12.4. The van der Waals surface area contributed by atoms with E-state index in [1.54, 1.807) is 16.2 Å². The van der Waals surface area contributed by atoms with Crippen molar-refractivity contribution in [3.8, 4) is 16.2 Å². The number of rotatable bonds is 22. The van der Waals surface area contributed by atoms with Gasteiger partial charge in [0.15, 0.2) is 0 Å². The van der Waals surface area contributed by atoms with Gasteiger partial charge in [0.1, 0.15) is 24.4 Å². The summed E-state index contributed by atoms with van der Waals surface area (Å²) >= 11 is 1.58. The van der Waals surface area contributed by atoms with Crippen LogP contribution in [0, 0.1) is 12.3 Å². The molecule has 1 aliphatic heterocycles.